The van der Waals surface area contributed by atoms with Crippen molar-refractivity contribution >= 4 is 6.08 Å². The molecular weight excluding hydrogens is 601 g/mol. The first kappa shape index (κ1) is 37.7. The number of alkyl halides is 17. The molecule has 0 amide bonds. The molecule has 0 bridgehead atoms. The van der Waals surface area contributed by atoms with Gasteiger partial charge in [0.15, 0.2) is 0 Å². The maximum Gasteiger partial charge on any atom is 0.460 e. The number of hydrogen-bond acceptors (Lipinski definition) is 1. The van der Waals surface area contributed by atoms with Crippen molar-refractivity contribution in [2.45, 2.75) is 68.4 Å². The molecule has 0 unspecified atom stereocenters. The van der Waals surface area contributed by atoms with Crippen molar-refractivity contribution in [2.75, 3.05) is 19.6 Å². The summed E-state index contributed by atoms with van der Waals surface area (Å²) in [5.41, 5.74) is -0.468. The van der Waals surface area contributed by atoms with Gasteiger partial charge in [-0.05, 0) is 31.3 Å². The van der Waals surface area contributed by atoms with Crippen LogP contribution in [0.15, 0.2) is 36.4 Å². The third-order valence-corrected chi connectivity index (χ3v) is 5.37. The highest BCUT2D eigenvalue weighted by atomic mass is 19.4. The smallest absolute Gasteiger partial charge is 0.304 e. The highest BCUT2D eigenvalue weighted by molar-refractivity contribution is 5.50. The fraction of sp³-hybridized carbons (Fsp3) is 0.636. The van der Waals surface area contributed by atoms with Gasteiger partial charge in [-0.25, -0.2) is 0 Å². The van der Waals surface area contributed by atoms with E-state index < -0.39 is 59.3 Å². The minimum Gasteiger partial charge on any atom is -0.304 e. The van der Waals surface area contributed by atoms with Gasteiger partial charge in [-0.1, -0.05) is 57.2 Å². The standard InChI is InChI=1S/C16H7F17.C6H15N/c17-9(18,7-6-8-4-2-1-3-5-8)10(19,20)11(21,22)12(23,24)13(25,26)14(27,28)15(29,30)16(31,32)33;1-4-7(5-2)6-3/h1-7H;4-6H2,1-3H3. The fourth-order valence-electron chi connectivity index (χ4n) is 2.72. The summed E-state index contributed by atoms with van der Waals surface area (Å²) < 4.78 is 222. The highest BCUT2D eigenvalue weighted by Gasteiger charge is 2.95. The Morgan fingerprint density at radius 1 is 0.500 bits per heavy atom. The van der Waals surface area contributed by atoms with Crippen LogP contribution in [0.5, 0.6) is 0 Å². The van der Waals surface area contributed by atoms with Gasteiger partial charge in [-0.15, -0.1) is 0 Å². The molecule has 0 heterocycles. The van der Waals surface area contributed by atoms with Crippen molar-refractivity contribution in [1.29, 1.82) is 0 Å². The second-order valence-electron chi connectivity index (χ2n) is 7.93. The minimum absolute atomic E-state index is 0.104. The zero-order valence-corrected chi connectivity index (χ0v) is 20.5. The van der Waals surface area contributed by atoms with Gasteiger partial charge in [0.1, 0.15) is 0 Å². The molecule has 0 saturated carbocycles. The zero-order chi connectivity index (χ0) is 32.2. The Bertz CT molecular complexity index is 942. The molecule has 1 nitrogen and oxygen atoms in total. The summed E-state index contributed by atoms with van der Waals surface area (Å²) in [5.74, 6) is -56.4. The summed E-state index contributed by atoms with van der Waals surface area (Å²) in [4.78, 5) is 2.38. The Morgan fingerprint density at radius 3 is 1.12 bits per heavy atom. The third kappa shape index (κ3) is 6.61. The Kier molecular flexibility index (Phi) is 11.6. The lowest BCUT2D eigenvalue weighted by Gasteiger charge is -2.42. The minimum atomic E-state index is -8.62. The second-order valence-corrected chi connectivity index (χ2v) is 7.93. The van der Waals surface area contributed by atoms with Gasteiger partial charge in [0, 0.05) is 0 Å². The Balaban J connectivity index is 0.00000191. The molecule has 1 aromatic rings. The first-order valence-electron chi connectivity index (χ1n) is 10.9. The molecule has 0 radical (unpaired) electrons. The molecule has 0 aliphatic rings. The summed E-state index contributed by atoms with van der Waals surface area (Å²) in [6, 6.07) is 5.11. The topological polar surface area (TPSA) is 3.24 Å². The van der Waals surface area contributed by atoms with E-state index in [4.69, 9.17) is 0 Å². The van der Waals surface area contributed by atoms with Gasteiger partial charge in [0.2, 0.25) is 0 Å². The number of allylic oxidation sites excluding steroid dienone is 1. The summed E-state index contributed by atoms with van der Waals surface area (Å²) in [5, 5.41) is 0. The fourth-order valence-corrected chi connectivity index (χ4v) is 2.72. The third-order valence-electron chi connectivity index (χ3n) is 5.37. The van der Waals surface area contributed by atoms with Crippen LogP contribution < -0.4 is 0 Å². The van der Waals surface area contributed by atoms with Crippen LogP contribution in [0, 0.1) is 0 Å². The molecule has 0 aliphatic carbocycles. The first-order chi connectivity index (χ1) is 17.7. The maximum absolute atomic E-state index is 13.6. The van der Waals surface area contributed by atoms with Crippen LogP contribution in [0.1, 0.15) is 26.3 Å². The monoisotopic (exact) mass is 623 g/mol. The van der Waals surface area contributed by atoms with E-state index in [1.165, 1.54) is 25.7 Å². The molecule has 1 aromatic carbocycles. The van der Waals surface area contributed by atoms with Crippen LogP contribution in [0.2, 0.25) is 0 Å². The Labute approximate surface area is 216 Å². The molecule has 18 heteroatoms. The molecule has 0 aliphatic heterocycles. The maximum atomic E-state index is 13.6. The Hall–Kier alpha value is -2.27. The number of nitrogens with zero attached hydrogens (tertiary/aromatic N) is 1. The molecule has 0 N–H and O–H groups in total. The summed E-state index contributed by atoms with van der Waals surface area (Å²) in [6.45, 7) is 10.1. The lowest BCUT2D eigenvalue weighted by molar-refractivity contribution is -0.459. The average Bonchev–Trinajstić information content (AvgIpc) is 2.83. The van der Waals surface area contributed by atoms with E-state index in [9.17, 15) is 74.6 Å². The van der Waals surface area contributed by atoms with Gasteiger partial charge in [-0.3, -0.25) is 0 Å². The Morgan fingerprint density at radius 2 is 0.825 bits per heavy atom. The molecule has 0 saturated heterocycles. The van der Waals surface area contributed by atoms with Crippen molar-refractivity contribution in [3.05, 3.63) is 42.0 Å². The van der Waals surface area contributed by atoms with Crippen LogP contribution in [0.3, 0.4) is 0 Å². The van der Waals surface area contributed by atoms with Gasteiger partial charge in [0.25, 0.3) is 0 Å². The number of benzene rings is 1. The van der Waals surface area contributed by atoms with E-state index in [1.807, 2.05) is 0 Å². The van der Waals surface area contributed by atoms with E-state index >= 15 is 0 Å². The van der Waals surface area contributed by atoms with E-state index in [0.29, 0.717) is 0 Å². The van der Waals surface area contributed by atoms with Crippen molar-refractivity contribution in [3.63, 3.8) is 0 Å². The van der Waals surface area contributed by atoms with E-state index in [2.05, 4.69) is 25.7 Å². The summed E-state index contributed by atoms with van der Waals surface area (Å²) in [7, 11) is 0. The first-order valence-corrected chi connectivity index (χ1v) is 10.9. The normalized spacial score (nSPS) is 14.9. The molecule has 0 atom stereocenters. The van der Waals surface area contributed by atoms with Crippen LogP contribution in [-0.2, 0) is 0 Å². The number of halogens is 17. The predicted molar refractivity (Wildman–Crippen MR) is 110 cm³/mol. The number of hydrogen-bond donors (Lipinski definition) is 0. The van der Waals surface area contributed by atoms with Gasteiger partial charge in [0.05, 0.1) is 0 Å². The lowest BCUT2D eigenvalue weighted by atomic mass is 9.89. The molecule has 0 fully saturated rings. The second kappa shape index (κ2) is 12.3. The van der Waals surface area contributed by atoms with E-state index in [-0.39, 0.29) is 6.08 Å². The van der Waals surface area contributed by atoms with Gasteiger partial charge >= 0.3 is 47.6 Å². The van der Waals surface area contributed by atoms with Gasteiger partial charge in [-0.2, -0.15) is 74.6 Å². The predicted octanol–water partition coefficient (Wildman–Crippen LogP) is 9.06. The van der Waals surface area contributed by atoms with Crippen molar-refractivity contribution in [3.8, 4) is 0 Å². The SMILES string of the molecule is CCN(CC)CC.FC(F)(F)C(F)(F)C(F)(F)C(F)(F)C(F)(F)C(F)(F)C(F)(F)C(F)(F)C=Cc1ccccc1. The van der Waals surface area contributed by atoms with Crippen LogP contribution >= 0.6 is 0 Å². The summed E-state index contributed by atoms with van der Waals surface area (Å²) >= 11 is 0. The van der Waals surface area contributed by atoms with Crippen molar-refractivity contribution in [2.24, 2.45) is 0 Å². The van der Waals surface area contributed by atoms with E-state index in [1.54, 1.807) is 0 Å². The highest BCUT2D eigenvalue weighted by Crippen LogP contribution is 2.64. The molecule has 0 spiro atoms. The van der Waals surface area contributed by atoms with Crippen LogP contribution in [-0.4, -0.2) is 72.2 Å². The lowest BCUT2D eigenvalue weighted by Crippen LogP contribution is -2.74. The van der Waals surface area contributed by atoms with Crippen LogP contribution in [0.4, 0.5) is 74.6 Å². The van der Waals surface area contributed by atoms with Crippen molar-refractivity contribution in [1.82, 2.24) is 4.90 Å². The molecule has 40 heavy (non-hydrogen) atoms. The van der Waals surface area contributed by atoms with Crippen molar-refractivity contribution < 1.29 is 74.6 Å². The number of rotatable bonds is 11. The average molecular weight is 623 g/mol. The van der Waals surface area contributed by atoms with Gasteiger partial charge < -0.3 is 4.90 Å². The quantitative estimate of drug-likeness (QED) is 0.223. The zero-order valence-electron chi connectivity index (χ0n) is 20.5. The summed E-state index contributed by atoms with van der Waals surface area (Å²) in [6.07, 6.45) is -9.09. The largest absolute Gasteiger partial charge is 0.460 e. The van der Waals surface area contributed by atoms with E-state index in [0.717, 1.165) is 24.3 Å². The molecule has 234 valence electrons. The van der Waals surface area contributed by atoms with Crippen LogP contribution in [0.25, 0.3) is 6.08 Å². The molecule has 0 aromatic heterocycles. The molecule has 1 rings (SSSR count). The molecular formula is C22H22F17N.